The molecule has 0 radical (unpaired) electrons. The summed E-state index contributed by atoms with van der Waals surface area (Å²) >= 11 is 0. The van der Waals surface area contributed by atoms with Crippen molar-refractivity contribution in [2.75, 3.05) is 5.32 Å². The van der Waals surface area contributed by atoms with Crippen LogP contribution in [0.3, 0.4) is 0 Å². The maximum absolute atomic E-state index is 12.1. The highest BCUT2D eigenvalue weighted by Gasteiger charge is 2.20. The zero-order valence-electron chi connectivity index (χ0n) is 13.4. The summed E-state index contributed by atoms with van der Waals surface area (Å²) in [5.74, 6) is 0. The topological polar surface area (TPSA) is 59.0 Å². The lowest BCUT2D eigenvalue weighted by atomic mass is 10.1. The van der Waals surface area contributed by atoms with Crippen molar-refractivity contribution < 1.29 is 4.79 Å². The Morgan fingerprint density at radius 1 is 1.27 bits per heavy atom. The van der Waals surface area contributed by atoms with Crippen LogP contribution in [0.15, 0.2) is 18.2 Å². The highest BCUT2D eigenvalue weighted by molar-refractivity contribution is 5.89. The van der Waals surface area contributed by atoms with Gasteiger partial charge in [-0.1, -0.05) is 6.07 Å². The van der Waals surface area contributed by atoms with Gasteiger partial charge in [-0.05, 0) is 61.9 Å². The number of anilines is 1. The minimum Gasteiger partial charge on any atom is -0.332 e. The number of hydrogen-bond acceptors (Lipinski definition) is 2. The molecular formula is C17H22N4O. The third-order valence-electron chi connectivity index (χ3n) is 4.38. The van der Waals surface area contributed by atoms with Gasteiger partial charge >= 0.3 is 6.03 Å². The van der Waals surface area contributed by atoms with Gasteiger partial charge in [-0.15, -0.1) is 0 Å². The molecular weight excluding hydrogens is 276 g/mol. The zero-order valence-corrected chi connectivity index (χ0v) is 13.4. The standard InChI is InChI=1S/C17H22N4O/c1-11-7-8-13(9-12(11)2)19-17(22)18-10-16-14-5-4-6-15(14)20-21(16)3/h7-9H,4-6,10H2,1-3H3,(H2,18,19,22). The number of rotatable bonds is 3. The third kappa shape index (κ3) is 2.84. The van der Waals surface area contributed by atoms with E-state index in [9.17, 15) is 4.79 Å². The molecule has 116 valence electrons. The molecule has 0 saturated carbocycles. The molecule has 0 saturated heterocycles. The molecule has 1 aromatic heterocycles. The fraction of sp³-hybridized carbons (Fsp3) is 0.412. The molecule has 0 atom stereocenters. The maximum atomic E-state index is 12.1. The SMILES string of the molecule is Cc1ccc(NC(=O)NCc2c3c(nn2C)CCC3)cc1C. The van der Waals surface area contributed by atoms with Gasteiger partial charge in [-0.3, -0.25) is 4.68 Å². The number of aromatic nitrogens is 2. The van der Waals surface area contributed by atoms with Crippen molar-refractivity contribution in [2.45, 2.75) is 39.7 Å². The Kier molecular flexibility index (Phi) is 3.88. The molecule has 3 rings (SSSR count). The van der Waals surface area contributed by atoms with Crippen molar-refractivity contribution in [1.82, 2.24) is 15.1 Å². The summed E-state index contributed by atoms with van der Waals surface area (Å²) in [7, 11) is 1.94. The molecule has 0 bridgehead atoms. The number of carbonyl (C=O) groups excluding carboxylic acids is 1. The van der Waals surface area contributed by atoms with Crippen molar-refractivity contribution in [3.05, 3.63) is 46.3 Å². The molecule has 1 aliphatic carbocycles. The van der Waals surface area contributed by atoms with E-state index in [1.54, 1.807) is 0 Å². The van der Waals surface area contributed by atoms with Crippen LogP contribution in [0.25, 0.3) is 0 Å². The fourth-order valence-corrected chi connectivity index (χ4v) is 2.97. The molecule has 2 aromatic rings. The average Bonchev–Trinajstić information content (AvgIpc) is 3.01. The number of nitrogens with one attached hydrogen (secondary N) is 2. The normalized spacial score (nSPS) is 13.0. The first-order valence-electron chi connectivity index (χ1n) is 7.70. The maximum Gasteiger partial charge on any atom is 0.319 e. The third-order valence-corrected chi connectivity index (χ3v) is 4.38. The predicted molar refractivity (Wildman–Crippen MR) is 87.0 cm³/mol. The average molecular weight is 298 g/mol. The lowest BCUT2D eigenvalue weighted by Gasteiger charge is -2.10. The van der Waals surface area contributed by atoms with Crippen LogP contribution in [-0.2, 0) is 26.4 Å². The van der Waals surface area contributed by atoms with E-state index in [0.717, 1.165) is 24.2 Å². The van der Waals surface area contributed by atoms with Crippen LogP contribution in [-0.4, -0.2) is 15.8 Å². The van der Waals surface area contributed by atoms with E-state index in [-0.39, 0.29) is 6.03 Å². The first kappa shape index (κ1) is 14.6. The lowest BCUT2D eigenvalue weighted by molar-refractivity contribution is 0.251. The Morgan fingerprint density at radius 3 is 2.86 bits per heavy atom. The smallest absolute Gasteiger partial charge is 0.319 e. The molecule has 0 unspecified atom stereocenters. The van der Waals surface area contributed by atoms with Gasteiger partial charge in [0.25, 0.3) is 0 Å². The highest BCUT2D eigenvalue weighted by Crippen LogP contribution is 2.24. The van der Waals surface area contributed by atoms with E-state index in [1.165, 1.54) is 28.8 Å². The molecule has 1 aromatic carbocycles. The monoisotopic (exact) mass is 298 g/mol. The van der Waals surface area contributed by atoms with Gasteiger partial charge < -0.3 is 10.6 Å². The number of carbonyl (C=O) groups is 1. The van der Waals surface area contributed by atoms with Gasteiger partial charge in [-0.25, -0.2) is 4.79 Å². The first-order valence-corrected chi connectivity index (χ1v) is 7.70. The van der Waals surface area contributed by atoms with E-state index < -0.39 is 0 Å². The molecule has 2 N–H and O–H groups in total. The highest BCUT2D eigenvalue weighted by atomic mass is 16.2. The Balaban J connectivity index is 1.62. The molecule has 0 aliphatic heterocycles. The van der Waals surface area contributed by atoms with Crippen molar-refractivity contribution in [3.63, 3.8) is 0 Å². The Labute approximate surface area is 130 Å². The second-order valence-corrected chi connectivity index (χ2v) is 5.96. The molecule has 22 heavy (non-hydrogen) atoms. The Hall–Kier alpha value is -2.30. The Morgan fingerprint density at radius 2 is 2.09 bits per heavy atom. The van der Waals surface area contributed by atoms with Crippen LogP contribution in [0.2, 0.25) is 0 Å². The largest absolute Gasteiger partial charge is 0.332 e. The number of aryl methyl sites for hydroxylation is 4. The number of urea groups is 1. The summed E-state index contributed by atoms with van der Waals surface area (Å²) in [4.78, 5) is 12.1. The van der Waals surface area contributed by atoms with Crippen molar-refractivity contribution in [1.29, 1.82) is 0 Å². The van der Waals surface area contributed by atoms with Gasteiger partial charge in [0.1, 0.15) is 0 Å². The van der Waals surface area contributed by atoms with Gasteiger partial charge in [0, 0.05) is 12.7 Å². The van der Waals surface area contributed by atoms with E-state index in [2.05, 4.69) is 22.7 Å². The number of amides is 2. The number of nitrogens with zero attached hydrogens (tertiary/aromatic N) is 2. The van der Waals surface area contributed by atoms with Crippen molar-refractivity contribution in [2.24, 2.45) is 7.05 Å². The van der Waals surface area contributed by atoms with Crippen molar-refractivity contribution in [3.8, 4) is 0 Å². The summed E-state index contributed by atoms with van der Waals surface area (Å²) < 4.78 is 1.89. The minimum absolute atomic E-state index is 0.184. The summed E-state index contributed by atoms with van der Waals surface area (Å²) in [6, 6.07) is 5.73. The lowest BCUT2D eigenvalue weighted by Crippen LogP contribution is -2.29. The molecule has 5 nitrogen and oxygen atoms in total. The quantitative estimate of drug-likeness (QED) is 0.915. The van der Waals surface area contributed by atoms with Crippen LogP contribution in [0.4, 0.5) is 10.5 Å². The van der Waals surface area contributed by atoms with E-state index in [0.29, 0.717) is 6.54 Å². The molecule has 2 amide bonds. The molecule has 0 spiro atoms. The van der Waals surface area contributed by atoms with Crippen LogP contribution in [0, 0.1) is 13.8 Å². The molecule has 5 heteroatoms. The van der Waals surface area contributed by atoms with E-state index in [4.69, 9.17) is 0 Å². The summed E-state index contributed by atoms with van der Waals surface area (Å²) in [6.45, 7) is 4.61. The van der Waals surface area contributed by atoms with Crippen LogP contribution >= 0.6 is 0 Å². The number of hydrogen-bond donors (Lipinski definition) is 2. The summed E-state index contributed by atoms with van der Waals surface area (Å²) in [5.41, 5.74) is 6.82. The summed E-state index contributed by atoms with van der Waals surface area (Å²) in [5, 5.41) is 10.3. The van der Waals surface area contributed by atoms with Gasteiger partial charge in [0.15, 0.2) is 0 Å². The van der Waals surface area contributed by atoms with Crippen molar-refractivity contribution >= 4 is 11.7 Å². The number of benzene rings is 1. The van der Waals surface area contributed by atoms with E-state index in [1.807, 2.05) is 36.9 Å². The molecule has 1 aliphatic rings. The van der Waals surface area contributed by atoms with Gasteiger partial charge in [0.05, 0.1) is 17.9 Å². The fourth-order valence-electron chi connectivity index (χ4n) is 2.97. The van der Waals surface area contributed by atoms with Gasteiger partial charge in [-0.2, -0.15) is 5.10 Å². The van der Waals surface area contributed by atoms with Crippen LogP contribution in [0.1, 0.15) is 34.5 Å². The first-order chi connectivity index (χ1) is 10.5. The minimum atomic E-state index is -0.184. The number of fused-ring (bicyclic) bond motifs is 1. The van der Waals surface area contributed by atoms with Crippen LogP contribution < -0.4 is 10.6 Å². The summed E-state index contributed by atoms with van der Waals surface area (Å²) in [6.07, 6.45) is 3.29. The molecule has 0 fully saturated rings. The second-order valence-electron chi connectivity index (χ2n) is 5.96. The van der Waals surface area contributed by atoms with Crippen LogP contribution in [0.5, 0.6) is 0 Å². The zero-order chi connectivity index (χ0) is 15.7. The predicted octanol–water partition coefficient (Wildman–Crippen LogP) is 2.85. The Bertz CT molecular complexity index is 718. The van der Waals surface area contributed by atoms with Gasteiger partial charge in [0.2, 0.25) is 0 Å². The molecule has 1 heterocycles. The second kappa shape index (κ2) is 5.83. The van der Waals surface area contributed by atoms with E-state index >= 15 is 0 Å².